The first-order chi connectivity index (χ1) is 15.4. The summed E-state index contributed by atoms with van der Waals surface area (Å²) in [6, 6.07) is 5.53. The number of alkyl halides is 3. The van der Waals surface area contributed by atoms with Crippen LogP contribution in [-0.2, 0) is 20.4 Å². The van der Waals surface area contributed by atoms with Crippen molar-refractivity contribution in [1.82, 2.24) is 0 Å². The first kappa shape index (κ1) is 25.9. The standard InChI is InChI=1S/C21H19ClF3NO7/c1-3-12(2)19(27)31-8-9-32-20(28)15-11-14(5-6-17(15)26(29)30)33-18-7-4-13(10-16(18)22)21(23,24)25/h4-7,10-12H,3,8-9H2,1-2H3. The van der Waals surface area contributed by atoms with Crippen LogP contribution in [0.2, 0.25) is 5.02 Å². The molecule has 178 valence electrons. The molecule has 0 bridgehead atoms. The number of esters is 2. The fraction of sp³-hybridized carbons (Fsp3) is 0.333. The van der Waals surface area contributed by atoms with E-state index in [0.717, 1.165) is 30.3 Å². The molecule has 0 amide bonds. The predicted octanol–water partition coefficient (Wildman–Crippen LogP) is 5.81. The van der Waals surface area contributed by atoms with Crippen LogP contribution < -0.4 is 4.74 Å². The number of carbonyl (C=O) groups excluding carboxylic acids is 2. The lowest BCUT2D eigenvalue weighted by molar-refractivity contribution is -0.385. The van der Waals surface area contributed by atoms with Gasteiger partial charge in [-0.15, -0.1) is 0 Å². The molecule has 33 heavy (non-hydrogen) atoms. The molecule has 12 heteroatoms. The summed E-state index contributed by atoms with van der Waals surface area (Å²) in [4.78, 5) is 34.4. The zero-order valence-electron chi connectivity index (χ0n) is 17.5. The topological polar surface area (TPSA) is 105 Å². The number of ether oxygens (including phenoxy) is 3. The Hall–Kier alpha value is -3.34. The van der Waals surface area contributed by atoms with Crippen LogP contribution in [0.25, 0.3) is 0 Å². The van der Waals surface area contributed by atoms with Gasteiger partial charge in [-0.3, -0.25) is 14.9 Å². The van der Waals surface area contributed by atoms with Gasteiger partial charge in [0.2, 0.25) is 0 Å². The van der Waals surface area contributed by atoms with Crippen LogP contribution in [0.1, 0.15) is 36.2 Å². The number of halogens is 4. The number of rotatable bonds is 9. The van der Waals surface area contributed by atoms with E-state index in [2.05, 4.69) is 0 Å². The third-order valence-corrected chi connectivity index (χ3v) is 4.74. The van der Waals surface area contributed by atoms with Crippen LogP contribution in [0.5, 0.6) is 11.5 Å². The van der Waals surface area contributed by atoms with Gasteiger partial charge >= 0.3 is 18.1 Å². The summed E-state index contributed by atoms with van der Waals surface area (Å²) in [5, 5.41) is 10.9. The lowest BCUT2D eigenvalue weighted by Crippen LogP contribution is -2.18. The molecule has 2 aromatic carbocycles. The summed E-state index contributed by atoms with van der Waals surface area (Å²) in [6.45, 7) is 2.90. The SMILES string of the molecule is CCC(C)C(=O)OCCOC(=O)c1cc(Oc2ccc(C(F)(F)F)cc2Cl)ccc1[N+](=O)[O-]. The van der Waals surface area contributed by atoms with Gasteiger partial charge in [-0.25, -0.2) is 4.79 Å². The van der Waals surface area contributed by atoms with Crippen molar-refractivity contribution in [2.45, 2.75) is 26.4 Å². The highest BCUT2D eigenvalue weighted by Gasteiger charge is 2.31. The minimum atomic E-state index is -4.60. The van der Waals surface area contributed by atoms with Crippen molar-refractivity contribution in [3.05, 3.63) is 62.7 Å². The Morgan fingerprint density at radius 2 is 1.79 bits per heavy atom. The van der Waals surface area contributed by atoms with Gasteiger partial charge in [-0.1, -0.05) is 25.4 Å². The zero-order chi connectivity index (χ0) is 24.8. The molecular weight excluding hydrogens is 471 g/mol. The van der Waals surface area contributed by atoms with E-state index in [1.807, 2.05) is 0 Å². The molecule has 1 unspecified atom stereocenters. The van der Waals surface area contributed by atoms with Gasteiger partial charge in [0, 0.05) is 12.1 Å². The predicted molar refractivity (Wildman–Crippen MR) is 110 cm³/mol. The summed E-state index contributed by atoms with van der Waals surface area (Å²) in [6.07, 6.45) is -4.03. The van der Waals surface area contributed by atoms with E-state index < -0.39 is 39.9 Å². The van der Waals surface area contributed by atoms with Gasteiger partial charge in [0.05, 0.1) is 21.4 Å². The van der Waals surface area contributed by atoms with Crippen LogP contribution >= 0.6 is 11.6 Å². The number of carbonyl (C=O) groups is 2. The van der Waals surface area contributed by atoms with Gasteiger partial charge in [0.15, 0.2) is 0 Å². The van der Waals surface area contributed by atoms with Crippen molar-refractivity contribution < 1.29 is 41.9 Å². The minimum absolute atomic E-state index is 0.0996. The lowest BCUT2D eigenvalue weighted by Gasteiger charge is -2.12. The maximum atomic E-state index is 12.8. The highest BCUT2D eigenvalue weighted by Crippen LogP contribution is 2.37. The van der Waals surface area contributed by atoms with Gasteiger partial charge < -0.3 is 14.2 Å². The van der Waals surface area contributed by atoms with Crippen molar-refractivity contribution in [3.63, 3.8) is 0 Å². The second-order valence-corrected chi connectivity index (χ2v) is 7.20. The molecule has 0 aromatic heterocycles. The smallest absolute Gasteiger partial charge is 0.416 e. The van der Waals surface area contributed by atoms with Gasteiger partial charge in [-0.2, -0.15) is 13.2 Å². The van der Waals surface area contributed by atoms with E-state index in [4.69, 9.17) is 25.8 Å². The molecule has 0 fully saturated rings. The molecule has 0 spiro atoms. The molecule has 2 aromatic rings. The minimum Gasteiger partial charge on any atom is -0.462 e. The Bertz CT molecular complexity index is 1040. The average molecular weight is 490 g/mol. The van der Waals surface area contributed by atoms with Crippen molar-refractivity contribution >= 4 is 29.2 Å². The molecule has 0 aliphatic rings. The third-order valence-electron chi connectivity index (χ3n) is 4.45. The molecule has 1 atom stereocenters. The second kappa shape index (κ2) is 11.0. The average Bonchev–Trinajstić information content (AvgIpc) is 2.76. The highest BCUT2D eigenvalue weighted by molar-refractivity contribution is 6.32. The quantitative estimate of drug-likeness (QED) is 0.189. The highest BCUT2D eigenvalue weighted by atomic mass is 35.5. The van der Waals surface area contributed by atoms with E-state index in [-0.39, 0.29) is 35.7 Å². The molecule has 0 aliphatic heterocycles. The van der Waals surface area contributed by atoms with E-state index in [9.17, 15) is 32.9 Å². The number of hydrogen-bond acceptors (Lipinski definition) is 7. The van der Waals surface area contributed by atoms with Gasteiger partial charge in [-0.05, 0) is 30.7 Å². The molecule has 0 saturated heterocycles. The van der Waals surface area contributed by atoms with E-state index in [1.54, 1.807) is 13.8 Å². The molecular formula is C21H19ClF3NO7. The normalized spacial score (nSPS) is 12.1. The van der Waals surface area contributed by atoms with E-state index >= 15 is 0 Å². The van der Waals surface area contributed by atoms with E-state index in [0.29, 0.717) is 12.5 Å². The number of benzene rings is 2. The molecule has 2 rings (SSSR count). The number of nitrogens with zero attached hydrogens (tertiary/aromatic N) is 1. The molecule has 0 heterocycles. The monoisotopic (exact) mass is 489 g/mol. The number of nitro groups is 1. The largest absolute Gasteiger partial charge is 0.462 e. The van der Waals surface area contributed by atoms with Gasteiger partial charge in [0.1, 0.15) is 30.3 Å². The van der Waals surface area contributed by atoms with Crippen LogP contribution in [0.15, 0.2) is 36.4 Å². The Morgan fingerprint density at radius 3 is 2.36 bits per heavy atom. The Labute approximate surface area is 191 Å². The maximum Gasteiger partial charge on any atom is 0.416 e. The zero-order valence-corrected chi connectivity index (χ0v) is 18.2. The van der Waals surface area contributed by atoms with E-state index in [1.165, 1.54) is 0 Å². The van der Waals surface area contributed by atoms with Crippen LogP contribution in [-0.4, -0.2) is 30.1 Å². The van der Waals surface area contributed by atoms with Crippen molar-refractivity contribution in [1.29, 1.82) is 0 Å². The van der Waals surface area contributed by atoms with Gasteiger partial charge in [0.25, 0.3) is 5.69 Å². The molecule has 0 radical (unpaired) electrons. The van der Waals surface area contributed by atoms with Crippen molar-refractivity contribution in [3.8, 4) is 11.5 Å². The second-order valence-electron chi connectivity index (χ2n) is 6.79. The Kier molecular flexibility index (Phi) is 8.63. The summed E-state index contributed by atoms with van der Waals surface area (Å²) in [5.74, 6) is -2.13. The summed E-state index contributed by atoms with van der Waals surface area (Å²) in [7, 11) is 0. The van der Waals surface area contributed by atoms with Crippen molar-refractivity contribution in [2.24, 2.45) is 5.92 Å². The number of nitro benzene ring substituents is 1. The fourth-order valence-corrected chi connectivity index (χ4v) is 2.67. The maximum absolute atomic E-state index is 12.8. The summed E-state index contributed by atoms with van der Waals surface area (Å²) in [5.41, 5.74) is -2.03. The Morgan fingerprint density at radius 1 is 1.12 bits per heavy atom. The summed E-state index contributed by atoms with van der Waals surface area (Å²) >= 11 is 5.85. The summed E-state index contributed by atoms with van der Waals surface area (Å²) < 4.78 is 53.6. The fourth-order valence-electron chi connectivity index (χ4n) is 2.45. The first-order valence-corrected chi connectivity index (χ1v) is 9.98. The third kappa shape index (κ3) is 7.07. The Balaban J connectivity index is 2.15. The molecule has 8 nitrogen and oxygen atoms in total. The number of hydrogen-bond donors (Lipinski definition) is 0. The lowest BCUT2D eigenvalue weighted by atomic mass is 10.1. The van der Waals surface area contributed by atoms with Crippen LogP contribution in [0.4, 0.5) is 18.9 Å². The van der Waals surface area contributed by atoms with Crippen LogP contribution in [0, 0.1) is 16.0 Å². The first-order valence-electron chi connectivity index (χ1n) is 9.60. The molecule has 0 saturated carbocycles. The van der Waals surface area contributed by atoms with Crippen molar-refractivity contribution in [2.75, 3.05) is 13.2 Å². The molecule has 0 N–H and O–H groups in total. The van der Waals surface area contributed by atoms with Crippen LogP contribution in [0.3, 0.4) is 0 Å². The molecule has 0 aliphatic carbocycles.